The lowest BCUT2D eigenvalue weighted by atomic mass is 10.1. The van der Waals surface area contributed by atoms with Gasteiger partial charge in [0.25, 0.3) is 0 Å². The maximum absolute atomic E-state index is 8.99. The lowest BCUT2D eigenvalue weighted by molar-refractivity contribution is 0.282. The first kappa shape index (κ1) is 13.6. The first-order valence-electron chi connectivity index (χ1n) is 6.73. The fourth-order valence-corrected chi connectivity index (χ4v) is 2.03. The van der Waals surface area contributed by atoms with Crippen LogP contribution in [0.25, 0.3) is 0 Å². The van der Waals surface area contributed by atoms with Crippen LogP contribution in [0, 0.1) is 0 Å². The van der Waals surface area contributed by atoms with E-state index in [2.05, 4.69) is 13.0 Å². The standard InChI is InChI=1S/C17H20O2/c1-2-16-5-3-4-6-17(16)19-12-11-14-7-9-15(13-18)10-8-14/h3-10,18H,2,11-13H2,1H3. The molecule has 0 aliphatic carbocycles. The van der Waals surface area contributed by atoms with E-state index >= 15 is 0 Å². The van der Waals surface area contributed by atoms with Crippen LogP contribution in [0.3, 0.4) is 0 Å². The minimum Gasteiger partial charge on any atom is -0.493 e. The van der Waals surface area contributed by atoms with Crippen LogP contribution in [-0.2, 0) is 19.4 Å². The second kappa shape index (κ2) is 6.95. The second-order valence-electron chi connectivity index (χ2n) is 4.53. The van der Waals surface area contributed by atoms with Gasteiger partial charge in [0.15, 0.2) is 0 Å². The molecule has 0 bridgehead atoms. The molecule has 0 aliphatic rings. The average molecular weight is 256 g/mol. The van der Waals surface area contributed by atoms with Gasteiger partial charge in [-0.15, -0.1) is 0 Å². The number of aliphatic hydroxyl groups excluding tert-OH is 1. The van der Waals surface area contributed by atoms with Crippen molar-refractivity contribution in [3.63, 3.8) is 0 Å². The van der Waals surface area contributed by atoms with Gasteiger partial charge in [0.1, 0.15) is 5.75 Å². The van der Waals surface area contributed by atoms with Gasteiger partial charge in [-0.2, -0.15) is 0 Å². The van der Waals surface area contributed by atoms with E-state index < -0.39 is 0 Å². The summed E-state index contributed by atoms with van der Waals surface area (Å²) in [6, 6.07) is 16.2. The van der Waals surface area contributed by atoms with E-state index in [1.54, 1.807) is 0 Å². The number of hydrogen-bond acceptors (Lipinski definition) is 2. The number of rotatable bonds is 6. The summed E-state index contributed by atoms with van der Waals surface area (Å²) in [5.74, 6) is 0.983. The Morgan fingerprint density at radius 2 is 1.63 bits per heavy atom. The molecule has 0 heterocycles. The van der Waals surface area contributed by atoms with Crippen molar-refractivity contribution < 1.29 is 9.84 Å². The van der Waals surface area contributed by atoms with Crippen molar-refractivity contribution in [1.82, 2.24) is 0 Å². The molecule has 100 valence electrons. The number of para-hydroxylation sites is 1. The number of benzene rings is 2. The number of aryl methyl sites for hydroxylation is 1. The van der Waals surface area contributed by atoms with Crippen molar-refractivity contribution in [2.45, 2.75) is 26.4 Å². The molecule has 2 nitrogen and oxygen atoms in total. The van der Waals surface area contributed by atoms with E-state index in [1.807, 2.05) is 42.5 Å². The van der Waals surface area contributed by atoms with E-state index in [4.69, 9.17) is 9.84 Å². The van der Waals surface area contributed by atoms with Gasteiger partial charge in [0.2, 0.25) is 0 Å². The van der Waals surface area contributed by atoms with Crippen LogP contribution < -0.4 is 4.74 Å². The van der Waals surface area contributed by atoms with Gasteiger partial charge < -0.3 is 9.84 Å². The Labute approximate surface area is 114 Å². The third-order valence-electron chi connectivity index (χ3n) is 3.21. The van der Waals surface area contributed by atoms with Crippen LogP contribution in [0.15, 0.2) is 48.5 Å². The van der Waals surface area contributed by atoms with E-state index in [-0.39, 0.29) is 6.61 Å². The van der Waals surface area contributed by atoms with Crippen LogP contribution in [0.2, 0.25) is 0 Å². The predicted molar refractivity (Wildman–Crippen MR) is 77.4 cm³/mol. The molecule has 0 amide bonds. The Bertz CT molecular complexity index is 503. The first-order chi connectivity index (χ1) is 9.33. The third kappa shape index (κ3) is 3.83. The van der Waals surface area contributed by atoms with Crippen molar-refractivity contribution in [2.24, 2.45) is 0 Å². The van der Waals surface area contributed by atoms with Gasteiger partial charge in [-0.05, 0) is 29.2 Å². The summed E-state index contributed by atoms with van der Waals surface area (Å²) in [6.45, 7) is 2.91. The highest BCUT2D eigenvalue weighted by molar-refractivity contribution is 5.33. The molecular weight excluding hydrogens is 236 g/mol. The number of ether oxygens (including phenoxy) is 1. The molecule has 0 aromatic heterocycles. The minimum absolute atomic E-state index is 0.0979. The zero-order chi connectivity index (χ0) is 13.5. The predicted octanol–water partition coefficient (Wildman–Crippen LogP) is 3.36. The Morgan fingerprint density at radius 1 is 0.947 bits per heavy atom. The molecule has 0 atom stereocenters. The van der Waals surface area contributed by atoms with Gasteiger partial charge >= 0.3 is 0 Å². The first-order valence-corrected chi connectivity index (χ1v) is 6.73. The minimum atomic E-state index is 0.0979. The Balaban J connectivity index is 1.88. The zero-order valence-corrected chi connectivity index (χ0v) is 11.3. The largest absolute Gasteiger partial charge is 0.493 e. The van der Waals surface area contributed by atoms with E-state index in [0.717, 1.165) is 24.2 Å². The number of hydrogen-bond donors (Lipinski definition) is 1. The fourth-order valence-electron chi connectivity index (χ4n) is 2.03. The Morgan fingerprint density at radius 3 is 2.32 bits per heavy atom. The molecule has 2 heteroatoms. The summed E-state index contributed by atoms with van der Waals surface area (Å²) in [5.41, 5.74) is 3.42. The van der Waals surface area contributed by atoms with Crippen molar-refractivity contribution in [3.05, 3.63) is 65.2 Å². The molecule has 2 rings (SSSR count). The van der Waals surface area contributed by atoms with Gasteiger partial charge in [-0.3, -0.25) is 0 Å². The summed E-state index contributed by atoms with van der Waals surface area (Å²) >= 11 is 0. The van der Waals surface area contributed by atoms with Gasteiger partial charge in [0, 0.05) is 6.42 Å². The average Bonchev–Trinajstić information content (AvgIpc) is 2.48. The normalized spacial score (nSPS) is 10.4. The van der Waals surface area contributed by atoms with Crippen molar-refractivity contribution in [3.8, 4) is 5.75 Å². The van der Waals surface area contributed by atoms with Crippen LogP contribution in [0.1, 0.15) is 23.6 Å². The topological polar surface area (TPSA) is 29.5 Å². The van der Waals surface area contributed by atoms with Gasteiger partial charge in [-0.25, -0.2) is 0 Å². The lowest BCUT2D eigenvalue weighted by Crippen LogP contribution is -2.03. The van der Waals surface area contributed by atoms with Crippen molar-refractivity contribution in [2.75, 3.05) is 6.61 Å². The maximum Gasteiger partial charge on any atom is 0.122 e. The summed E-state index contributed by atoms with van der Waals surface area (Å²) in [7, 11) is 0. The van der Waals surface area contributed by atoms with Crippen LogP contribution in [-0.4, -0.2) is 11.7 Å². The quantitative estimate of drug-likeness (QED) is 0.858. The van der Waals surface area contributed by atoms with Crippen LogP contribution in [0.5, 0.6) is 5.75 Å². The highest BCUT2D eigenvalue weighted by atomic mass is 16.5. The summed E-state index contributed by atoms with van der Waals surface area (Å²) in [4.78, 5) is 0. The summed E-state index contributed by atoms with van der Waals surface area (Å²) < 4.78 is 5.84. The Kier molecular flexibility index (Phi) is 4.99. The molecule has 0 spiro atoms. The molecule has 1 N–H and O–H groups in total. The molecule has 0 aliphatic heterocycles. The van der Waals surface area contributed by atoms with Crippen LogP contribution >= 0.6 is 0 Å². The molecule has 2 aromatic carbocycles. The van der Waals surface area contributed by atoms with Crippen molar-refractivity contribution in [1.29, 1.82) is 0 Å². The van der Waals surface area contributed by atoms with Crippen molar-refractivity contribution >= 4 is 0 Å². The molecule has 0 radical (unpaired) electrons. The summed E-state index contributed by atoms with van der Waals surface area (Å²) in [5, 5.41) is 8.99. The van der Waals surface area contributed by atoms with Crippen LogP contribution in [0.4, 0.5) is 0 Å². The van der Waals surface area contributed by atoms with Gasteiger partial charge in [-0.1, -0.05) is 49.4 Å². The highest BCUT2D eigenvalue weighted by Gasteiger charge is 2.01. The third-order valence-corrected chi connectivity index (χ3v) is 3.21. The van der Waals surface area contributed by atoms with E-state index in [1.165, 1.54) is 11.1 Å². The SMILES string of the molecule is CCc1ccccc1OCCc1ccc(CO)cc1. The smallest absolute Gasteiger partial charge is 0.122 e. The van der Waals surface area contributed by atoms with Gasteiger partial charge in [0.05, 0.1) is 13.2 Å². The number of aliphatic hydroxyl groups is 1. The zero-order valence-electron chi connectivity index (χ0n) is 11.3. The summed E-state index contributed by atoms with van der Waals surface area (Å²) in [6.07, 6.45) is 1.87. The molecule has 0 saturated carbocycles. The van der Waals surface area contributed by atoms with E-state index in [9.17, 15) is 0 Å². The monoisotopic (exact) mass is 256 g/mol. The molecular formula is C17H20O2. The molecule has 19 heavy (non-hydrogen) atoms. The highest BCUT2D eigenvalue weighted by Crippen LogP contribution is 2.18. The fraction of sp³-hybridized carbons (Fsp3) is 0.294. The lowest BCUT2D eigenvalue weighted by Gasteiger charge is -2.10. The molecule has 2 aromatic rings. The Hall–Kier alpha value is -1.80. The second-order valence-corrected chi connectivity index (χ2v) is 4.53. The molecule has 0 fully saturated rings. The molecule has 0 unspecified atom stereocenters. The van der Waals surface area contributed by atoms with E-state index in [0.29, 0.717) is 6.61 Å². The maximum atomic E-state index is 8.99. The molecule has 0 saturated heterocycles.